The number of hydrogen-bond acceptors (Lipinski definition) is 1. The van der Waals surface area contributed by atoms with E-state index in [2.05, 4.69) is 50.5 Å². The van der Waals surface area contributed by atoms with Crippen molar-refractivity contribution >= 4 is 26.8 Å². The van der Waals surface area contributed by atoms with Crippen LogP contribution in [0.25, 0.3) is 10.9 Å². The Kier molecular flexibility index (Phi) is 2.74. The molecule has 2 N–H and O–H groups in total. The molecule has 3 heteroatoms. The Morgan fingerprint density at radius 1 is 1.31 bits per heavy atom. The van der Waals surface area contributed by atoms with Crippen molar-refractivity contribution in [1.29, 1.82) is 0 Å². The van der Waals surface area contributed by atoms with Crippen LogP contribution in [0.3, 0.4) is 0 Å². The SMILES string of the molecule is Brc1cccc2cc(C3CCCNC3)[nH]c12. The standard InChI is InChI=1S/C13H15BrN2/c14-11-5-1-3-9-7-12(16-13(9)11)10-4-2-6-15-8-10/h1,3,5,7,10,15-16H,2,4,6,8H2. The summed E-state index contributed by atoms with van der Waals surface area (Å²) in [6.07, 6.45) is 2.57. The zero-order valence-corrected chi connectivity index (χ0v) is 10.7. The van der Waals surface area contributed by atoms with Gasteiger partial charge in [0.2, 0.25) is 0 Å². The highest BCUT2D eigenvalue weighted by atomic mass is 79.9. The fraction of sp³-hybridized carbons (Fsp3) is 0.385. The molecule has 16 heavy (non-hydrogen) atoms. The minimum Gasteiger partial charge on any atom is -0.357 e. The van der Waals surface area contributed by atoms with Crippen LogP contribution in [0.5, 0.6) is 0 Å². The first-order chi connectivity index (χ1) is 7.84. The topological polar surface area (TPSA) is 27.8 Å². The first kappa shape index (κ1) is 10.4. The molecule has 1 fully saturated rings. The average molecular weight is 279 g/mol. The molecule has 1 aliphatic heterocycles. The largest absolute Gasteiger partial charge is 0.357 e. The number of aromatic amines is 1. The molecule has 2 nitrogen and oxygen atoms in total. The number of para-hydroxylation sites is 1. The van der Waals surface area contributed by atoms with Crippen molar-refractivity contribution in [3.8, 4) is 0 Å². The number of benzene rings is 1. The summed E-state index contributed by atoms with van der Waals surface area (Å²) in [6.45, 7) is 2.27. The van der Waals surface area contributed by atoms with Gasteiger partial charge in [-0.25, -0.2) is 0 Å². The van der Waals surface area contributed by atoms with Crippen LogP contribution < -0.4 is 5.32 Å². The molecular formula is C13H15BrN2. The Bertz CT molecular complexity index is 498. The van der Waals surface area contributed by atoms with Crippen LogP contribution in [-0.2, 0) is 0 Å². The Balaban J connectivity index is 2.01. The molecule has 1 unspecified atom stereocenters. The second-order valence-electron chi connectivity index (χ2n) is 4.47. The van der Waals surface area contributed by atoms with Gasteiger partial charge in [-0.3, -0.25) is 0 Å². The van der Waals surface area contributed by atoms with E-state index in [0.717, 1.165) is 11.0 Å². The van der Waals surface area contributed by atoms with Gasteiger partial charge in [0.25, 0.3) is 0 Å². The second kappa shape index (κ2) is 4.22. The lowest BCUT2D eigenvalue weighted by Crippen LogP contribution is -2.28. The summed E-state index contributed by atoms with van der Waals surface area (Å²) in [4.78, 5) is 3.55. The number of nitrogens with one attached hydrogen (secondary N) is 2. The molecule has 0 aliphatic carbocycles. The normalized spacial score (nSPS) is 21.4. The van der Waals surface area contributed by atoms with E-state index < -0.39 is 0 Å². The molecule has 0 spiro atoms. The van der Waals surface area contributed by atoms with Gasteiger partial charge in [0.1, 0.15) is 0 Å². The lowest BCUT2D eigenvalue weighted by Gasteiger charge is -2.21. The maximum absolute atomic E-state index is 3.59. The summed E-state index contributed by atoms with van der Waals surface area (Å²) in [7, 11) is 0. The van der Waals surface area contributed by atoms with Gasteiger partial charge >= 0.3 is 0 Å². The van der Waals surface area contributed by atoms with Crippen LogP contribution in [0.1, 0.15) is 24.5 Å². The third-order valence-electron chi connectivity index (χ3n) is 3.36. The van der Waals surface area contributed by atoms with E-state index in [-0.39, 0.29) is 0 Å². The summed E-state index contributed by atoms with van der Waals surface area (Å²) in [5, 5.41) is 4.76. The third kappa shape index (κ3) is 1.78. The predicted molar refractivity (Wildman–Crippen MR) is 70.8 cm³/mol. The maximum atomic E-state index is 3.59. The van der Waals surface area contributed by atoms with Gasteiger partial charge in [0.15, 0.2) is 0 Å². The van der Waals surface area contributed by atoms with Crippen molar-refractivity contribution in [1.82, 2.24) is 10.3 Å². The smallest absolute Gasteiger partial charge is 0.0600 e. The Hall–Kier alpha value is -0.800. The molecule has 1 aliphatic rings. The summed E-state index contributed by atoms with van der Waals surface area (Å²) in [5.74, 6) is 0.646. The van der Waals surface area contributed by atoms with E-state index in [1.165, 1.54) is 36.0 Å². The van der Waals surface area contributed by atoms with Crippen LogP contribution >= 0.6 is 15.9 Å². The molecule has 0 amide bonds. The minimum absolute atomic E-state index is 0.646. The molecule has 2 heterocycles. The first-order valence-corrected chi connectivity index (χ1v) is 6.62. The van der Waals surface area contributed by atoms with Crippen molar-refractivity contribution in [2.45, 2.75) is 18.8 Å². The zero-order valence-electron chi connectivity index (χ0n) is 9.09. The van der Waals surface area contributed by atoms with E-state index >= 15 is 0 Å². The number of aromatic nitrogens is 1. The zero-order chi connectivity index (χ0) is 11.0. The molecule has 2 aromatic rings. The van der Waals surface area contributed by atoms with Crippen molar-refractivity contribution in [3.63, 3.8) is 0 Å². The highest BCUT2D eigenvalue weighted by Crippen LogP contribution is 2.29. The van der Waals surface area contributed by atoms with Crippen LogP contribution in [0.15, 0.2) is 28.7 Å². The molecule has 1 atom stereocenters. The molecule has 84 valence electrons. The molecule has 0 radical (unpaired) electrons. The molecule has 0 bridgehead atoms. The van der Waals surface area contributed by atoms with E-state index in [0.29, 0.717) is 5.92 Å². The van der Waals surface area contributed by atoms with E-state index in [1.807, 2.05) is 0 Å². The van der Waals surface area contributed by atoms with Crippen molar-refractivity contribution < 1.29 is 0 Å². The average Bonchev–Trinajstić information content (AvgIpc) is 2.76. The first-order valence-electron chi connectivity index (χ1n) is 5.82. The number of H-pyrrole nitrogens is 1. The number of piperidine rings is 1. The summed E-state index contributed by atoms with van der Waals surface area (Å²) in [5.41, 5.74) is 2.59. The van der Waals surface area contributed by atoms with Crippen LogP contribution in [0.4, 0.5) is 0 Å². The fourth-order valence-electron chi connectivity index (χ4n) is 2.48. The molecule has 3 rings (SSSR count). The molecular weight excluding hydrogens is 264 g/mol. The van der Waals surface area contributed by atoms with Gasteiger partial charge in [-0.1, -0.05) is 12.1 Å². The fourth-order valence-corrected chi connectivity index (χ4v) is 2.96. The quantitative estimate of drug-likeness (QED) is 0.822. The number of hydrogen-bond donors (Lipinski definition) is 2. The molecule has 0 saturated carbocycles. The summed E-state index contributed by atoms with van der Waals surface area (Å²) < 4.78 is 1.15. The highest BCUT2D eigenvalue weighted by Gasteiger charge is 2.17. The Morgan fingerprint density at radius 2 is 2.25 bits per heavy atom. The van der Waals surface area contributed by atoms with E-state index in [4.69, 9.17) is 0 Å². The van der Waals surface area contributed by atoms with E-state index in [1.54, 1.807) is 0 Å². The lowest BCUT2D eigenvalue weighted by molar-refractivity contribution is 0.456. The summed E-state index contributed by atoms with van der Waals surface area (Å²) >= 11 is 3.59. The van der Waals surface area contributed by atoms with Crippen molar-refractivity contribution in [2.24, 2.45) is 0 Å². The highest BCUT2D eigenvalue weighted by molar-refractivity contribution is 9.10. The van der Waals surface area contributed by atoms with Gasteiger partial charge in [-0.15, -0.1) is 0 Å². The Labute approximate surface area is 104 Å². The van der Waals surface area contributed by atoms with Gasteiger partial charge < -0.3 is 10.3 Å². The van der Waals surface area contributed by atoms with Gasteiger partial charge in [-0.05, 0) is 47.4 Å². The number of halogens is 1. The van der Waals surface area contributed by atoms with Crippen molar-refractivity contribution in [3.05, 3.63) is 34.4 Å². The van der Waals surface area contributed by atoms with Gasteiger partial charge in [0.05, 0.1) is 5.52 Å². The van der Waals surface area contributed by atoms with Crippen LogP contribution in [-0.4, -0.2) is 18.1 Å². The third-order valence-corrected chi connectivity index (χ3v) is 4.02. The maximum Gasteiger partial charge on any atom is 0.0600 e. The predicted octanol–water partition coefficient (Wildman–Crippen LogP) is 3.40. The van der Waals surface area contributed by atoms with Crippen LogP contribution in [0, 0.1) is 0 Å². The second-order valence-corrected chi connectivity index (χ2v) is 5.33. The van der Waals surface area contributed by atoms with Crippen LogP contribution in [0.2, 0.25) is 0 Å². The minimum atomic E-state index is 0.646. The molecule has 1 aromatic heterocycles. The van der Waals surface area contributed by atoms with E-state index in [9.17, 15) is 0 Å². The summed E-state index contributed by atoms with van der Waals surface area (Å²) in [6, 6.07) is 8.62. The number of rotatable bonds is 1. The monoisotopic (exact) mass is 278 g/mol. The molecule has 1 aromatic carbocycles. The van der Waals surface area contributed by atoms with Crippen molar-refractivity contribution in [2.75, 3.05) is 13.1 Å². The lowest BCUT2D eigenvalue weighted by atomic mass is 9.96. The number of fused-ring (bicyclic) bond motifs is 1. The van der Waals surface area contributed by atoms with Gasteiger partial charge in [-0.2, -0.15) is 0 Å². The molecule has 1 saturated heterocycles. The van der Waals surface area contributed by atoms with Gasteiger partial charge in [0, 0.05) is 28.0 Å². The Morgan fingerprint density at radius 3 is 3.00 bits per heavy atom.